The molecule has 0 saturated carbocycles. The number of urea groups is 1. The predicted octanol–water partition coefficient (Wildman–Crippen LogP) is 4.47. The Bertz CT molecular complexity index is 433. The van der Waals surface area contributed by atoms with Crippen LogP contribution in [0.5, 0.6) is 0 Å². The Morgan fingerprint density at radius 3 is 2.33 bits per heavy atom. The lowest BCUT2D eigenvalue weighted by molar-refractivity contribution is -0.121. The number of rotatable bonds is 15. The van der Waals surface area contributed by atoms with Gasteiger partial charge in [0.15, 0.2) is 0 Å². The van der Waals surface area contributed by atoms with E-state index >= 15 is 0 Å². The molecule has 30 heavy (non-hydrogen) atoms. The number of ether oxygens (including phenoxy) is 2. The summed E-state index contributed by atoms with van der Waals surface area (Å²) >= 11 is 0. The summed E-state index contributed by atoms with van der Waals surface area (Å²) in [7, 11) is 0. The van der Waals surface area contributed by atoms with Crippen LogP contribution in [0.2, 0.25) is 0 Å². The summed E-state index contributed by atoms with van der Waals surface area (Å²) in [6.45, 7) is 18.4. The number of nitrogens with zero attached hydrogens (tertiary/aromatic N) is 1. The number of allylic oxidation sites excluding steroid dienone is 1. The third-order valence-electron chi connectivity index (χ3n) is 4.29. The van der Waals surface area contributed by atoms with Gasteiger partial charge in [-0.3, -0.25) is 4.79 Å². The summed E-state index contributed by atoms with van der Waals surface area (Å²) in [5, 5.41) is 5.74. The average molecular weight is 430 g/mol. The highest BCUT2D eigenvalue weighted by atomic mass is 16.5. The Labute approximate surface area is 184 Å². The molecule has 0 bridgehead atoms. The quantitative estimate of drug-likeness (QED) is 0.297. The molecule has 1 saturated heterocycles. The van der Waals surface area contributed by atoms with Crippen LogP contribution in [0, 0.1) is 0 Å². The monoisotopic (exact) mass is 429 g/mol. The van der Waals surface area contributed by atoms with Gasteiger partial charge in [-0.05, 0) is 39.5 Å². The van der Waals surface area contributed by atoms with E-state index in [1.54, 1.807) is 6.08 Å². The molecule has 1 fully saturated rings. The third kappa shape index (κ3) is 15.3. The van der Waals surface area contributed by atoms with Crippen LogP contribution in [0.1, 0.15) is 80.1 Å². The van der Waals surface area contributed by atoms with Gasteiger partial charge in [-0.1, -0.05) is 40.2 Å². The van der Waals surface area contributed by atoms with E-state index in [1.807, 2.05) is 25.7 Å². The molecule has 178 valence electrons. The first-order chi connectivity index (χ1) is 14.5. The fourth-order valence-electron chi connectivity index (χ4n) is 2.85. The van der Waals surface area contributed by atoms with Gasteiger partial charge in [-0.15, -0.1) is 6.58 Å². The highest BCUT2D eigenvalue weighted by molar-refractivity contribution is 5.80. The minimum absolute atomic E-state index is 0.0252. The summed E-state index contributed by atoms with van der Waals surface area (Å²) in [5.41, 5.74) is 0. The van der Waals surface area contributed by atoms with Crippen LogP contribution in [0.25, 0.3) is 0 Å². The molecule has 1 aliphatic heterocycles. The number of amides is 3. The van der Waals surface area contributed by atoms with Crippen molar-refractivity contribution in [1.82, 2.24) is 15.5 Å². The zero-order chi connectivity index (χ0) is 23.2. The van der Waals surface area contributed by atoms with Crippen molar-refractivity contribution in [2.24, 2.45) is 0 Å². The smallest absolute Gasteiger partial charge is 0.320 e. The second-order valence-corrected chi connectivity index (χ2v) is 6.86. The minimum atomic E-state index is 0.0252. The van der Waals surface area contributed by atoms with Gasteiger partial charge in [-0.2, -0.15) is 0 Å². The van der Waals surface area contributed by atoms with Gasteiger partial charge < -0.3 is 25.0 Å². The maximum atomic E-state index is 11.7. The van der Waals surface area contributed by atoms with Crippen molar-refractivity contribution < 1.29 is 19.1 Å². The molecule has 0 spiro atoms. The second kappa shape index (κ2) is 22.1. The van der Waals surface area contributed by atoms with Gasteiger partial charge >= 0.3 is 6.03 Å². The zero-order valence-electron chi connectivity index (χ0n) is 20.3. The minimum Gasteiger partial charge on any atom is -0.379 e. The van der Waals surface area contributed by atoms with Crippen LogP contribution in [-0.4, -0.2) is 62.0 Å². The summed E-state index contributed by atoms with van der Waals surface area (Å²) in [4.78, 5) is 25.2. The van der Waals surface area contributed by atoms with Crippen LogP contribution < -0.4 is 10.6 Å². The number of carbonyl (C=O) groups excluding carboxylic acids is 2. The first-order valence-corrected chi connectivity index (χ1v) is 11.6. The van der Waals surface area contributed by atoms with Crippen LogP contribution in [-0.2, 0) is 14.3 Å². The number of unbranched alkanes of at least 4 members (excludes halogenated alkanes) is 1. The maximum absolute atomic E-state index is 11.7. The van der Waals surface area contributed by atoms with Crippen molar-refractivity contribution in [2.45, 2.75) is 92.3 Å². The lowest BCUT2D eigenvalue weighted by atomic mass is 10.1. The van der Waals surface area contributed by atoms with Crippen molar-refractivity contribution in [3.8, 4) is 0 Å². The van der Waals surface area contributed by atoms with Crippen LogP contribution >= 0.6 is 0 Å². The lowest BCUT2D eigenvalue weighted by Crippen LogP contribution is -2.67. The number of hydrogen-bond donors (Lipinski definition) is 2. The molecule has 7 heteroatoms. The van der Waals surface area contributed by atoms with E-state index in [4.69, 9.17) is 9.47 Å². The Balaban J connectivity index is 0. The van der Waals surface area contributed by atoms with E-state index in [2.05, 4.69) is 38.0 Å². The van der Waals surface area contributed by atoms with Gasteiger partial charge in [0.2, 0.25) is 5.91 Å². The average Bonchev–Trinajstić information content (AvgIpc) is 2.73. The number of hydrogen-bond acceptors (Lipinski definition) is 4. The Morgan fingerprint density at radius 1 is 1.20 bits per heavy atom. The Hall–Kier alpha value is -1.60. The largest absolute Gasteiger partial charge is 0.379 e. The van der Waals surface area contributed by atoms with E-state index in [9.17, 15) is 9.59 Å². The summed E-state index contributed by atoms with van der Waals surface area (Å²) < 4.78 is 10.7. The third-order valence-corrected chi connectivity index (χ3v) is 4.29. The Morgan fingerprint density at radius 2 is 1.80 bits per heavy atom. The Kier molecular flexibility index (Phi) is 22.5. The molecule has 0 radical (unpaired) electrons. The number of carbonyl (C=O) groups is 2. The molecule has 0 aromatic heterocycles. The number of nitrogens with one attached hydrogen (secondary N) is 2. The van der Waals surface area contributed by atoms with E-state index in [-0.39, 0.29) is 24.1 Å². The highest BCUT2D eigenvalue weighted by Crippen LogP contribution is 2.19. The highest BCUT2D eigenvalue weighted by Gasteiger charge is 2.36. The van der Waals surface area contributed by atoms with Gasteiger partial charge in [0.25, 0.3) is 0 Å². The van der Waals surface area contributed by atoms with Crippen LogP contribution in [0.3, 0.4) is 0 Å². The first kappa shape index (κ1) is 30.6. The molecule has 7 nitrogen and oxygen atoms in total. The molecule has 0 aliphatic carbocycles. The fraction of sp³-hybridized carbons (Fsp3) is 0.826. The zero-order valence-corrected chi connectivity index (χ0v) is 20.3. The van der Waals surface area contributed by atoms with Gasteiger partial charge in [0.1, 0.15) is 6.17 Å². The van der Waals surface area contributed by atoms with E-state index < -0.39 is 0 Å². The molecule has 2 N–H and O–H groups in total. The topological polar surface area (TPSA) is 79.9 Å². The standard InChI is InChI=1S/C18H35N3O4.C3H6.C2H6/c1-4-11-24-13-14-25-12-10-19-17(22)9-7-6-8-15(3)21-16(5-2)20-18(21)23;1-3-2;1-2/h15-16H,4-14H2,1-3H3,(H,19,22)(H,20,23);3H,1H2,2H3;1-2H3. The molecule has 1 rings (SSSR count). The van der Waals surface area contributed by atoms with Crippen molar-refractivity contribution >= 4 is 11.9 Å². The van der Waals surface area contributed by atoms with E-state index in [1.165, 1.54) is 0 Å². The van der Waals surface area contributed by atoms with Crippen LogP contribution in [0.15, 0.2) is 12.7 Å². The van der Waals surface area contributed by atoms with E-state index in [0.29, 0.717) is 32.8 Å². The molecule has 0 aromatic rings. The summed E-state index contributed by atoms with van der Waals surface area (Å²) in [5.74, 6) is 0.0617. The molecule has 1 heterocycles. The predicted molar refractivity (Wildman–Crippen MR) is 125 cm³/mol. The normalized spacial score (nSPS) is 15.5. The molecular formula is C23H47N3O4. The van der Waals surface area contributed by atoms with Crippen molar-refractivity contribution in [1.29, 1.82) is 0 Å². The van der Waals surface area contributed by atoms with Crippen molar-refractivity contribution in [3.05, 3.63) is 12.7 Å². The molecular weight excluding hydrogens is 382 g/mol. The molecule has 1 aliphatic rings. The van der Waals surface area contributed by atoms with Gasteiger partial charge in [-0.25, -0.2) is 4.79 Å². The fourth-order valence-corrected chi connectivity index (χ4v) is 2.85. The van der Waals surface area contributed by atoms with Crippen LogP contribution in [0.4, 0.5) is 4.79 Å². The second-order valence-electron chi connectivity index (χ2n) is 6.86. The SMILES string of the molecule is C=CC.CC.CCCOCCOCCNC(=O)CCCCC(C)N1C(=O)NC1CC. The lowest BCUT2D eigenvalue weighted by Gasteiger charge is -2.45. The molecule has 0 aromatic carbocycles. The van der Waals surface area contributed by atoms with Crippen molar-refractivity contribution in [3.63, 3.8) is 0 Å². The molecule has 3 amide bonds. The first-order valence-electron chi connectivity index (χ1n) is 11.6. The maximum Gasteiger partial charge on any atom is 0.320 e. The van der Waals surface area contributed by atoms with Gasteiger partial charge in [0.05, 0.1) is 19.8 Å². The van der Waals surface area contributed by atoms with Gasteiger partial charge in [0, 0.05) is 25.6 Å². The van der Waals surface area contributed by atoms with E-state index in [0.717, 1.165) is 38.7 Å². The van der Waals surface area contributed by atoms with Crippen molar-refractivity contribution in [2.75, 3.05) is 33.0 Å². The summed E-state index contributed by atoms with van der Waals surface area (Å²) in [6.07, 6.45) is 7.10. The molecule has 2 unspecified atom stereocenters. The summed E-state index contributed by atoms with van der Waals surface area (Å²) in [6, 6.07) is 0.252. The molecule has 2 atom stereocenters.